The van der Waals surface area contributed by atoms with Crippen LogP contribution in [0.3, 0.4) is 0 Å². The Hall–Kier alpha value is -1.29. The molecule has 0 saturated carbocycles. The van der Waals surface area contributed by atoms with Gasteiger partial charge in [-0.15, -0.1) is 0 Å². The molecule has 0 radical (unpaired) electrons. The molecule has 0 aliphatic rings. The monoisotopic (exact) mass is 187 g/mol. The average molecular weight is 187 g/mol. The van der Waals surface area contributed by atoms with Gasteiger partial charge < -0.3 is 0 Å². The maximum Gasteiger partial charge on any atom is 0.0991 e. The van der Waals surface area contributed by atoms with Crippen LogP contribution in [-0.4, -0.2) is 0 Å². The van der Waals surface area contributed by atoms with Crippen LogP contribution in [0, 0.1) is 18.3 Å². The number of hydrogen-bond acceptors (Lipinski definition) is 1. The third kappa shape index (κ3) is 2.14. The Labute approximate surface area is 86.4 Å². The third-order valence-electron chi connectivity index (χ3n) is 2.82. The van der Waals surface area contributed by atoms with E-state index >= 15 is 0 Å². The van der Waals surface area contributed by atoms with Gasteiger partial charge in [-0.25, -0.2) is 0 Å². The predicted molar refractivity (Wildman–Crippen MR) is 59.2 cm³/mol. The van der Waals surface area contributed by atoms with Gasteiger partial charge in [0, 0.05) is 0 Å². The second kappa shape index (κ2) is 4.81. The molecule has 0 aliphatic heterocycles. The number of rotatable bonds is 3. The SMILES string of the molecule is CCC(CC)c1ccc(C#N)cc1C. The van der Waals surface area contributed by atoms with Crippen molar-refractivity contribution in [3.8, 4) is 6.07 Å². The largest absolute Gasteiger partial charge is 0.192 e. The molecule has 0 aromatic heterocycles. The Bertz CT molecular complexity index is 343. The van der Waals surface area contributed by atoms with E-state index in [2.05, 4.69) is 32.9 Å². The van der Waals surface area contributed by atoms with Gasteiger partial charge in [0.15, 0.2) is 0 Å². The van der Waals surface area contributed by atoms with E-state index in [1.807, 2.05) is 12.1 Å². The van der Waals surface area contributed by atoms with Crippen molar-refractivity contribution in [3.05, 3.63) is 34.9 Å². The lowest BCUT2D eigenvalue weighted by atomic mass is 9.90. The van der Waals surface area contributed by atoms with E-state index in [1.54, 1.807) is 0 Å². The molecule has 0 bridgehead atoms. The fourth-order valence-corrected chi connectivity index (χ4v) is 1.93. The summed E-state index contributed by atoms with van der Waals surface area (Å²) in [5, 5.41) is 8.76. The van der Waals surface area contributed by atoms with Crippen molar-refractivity contribution in [2.75, 3.05) is 0 Å². The molecule has 0 saturated heterocycles. The van der Waals surface area contributed by atoms with Crippen molar-refractivity contribution in [3.63, 3.8) is 0 Å². The summed E-state index contributed by atoms with van der Waals surface area (Å²) in [4.78, 5) is 0. The number of hydrogen-bond donors (Lipinski definition) is 0. The summed E-state index contributed by atoms with van der Waals surface area (Å²) in [6.07, 6.45) is 2.34. The van der Waals surface area contributed by atoms with Crippen molar-refractivity contribution < 1.29 is 0 Å². The molecule has 14 heavy (non-hydrogen) atoms. The highest BCUT2D eigenvalue weighted by molar-refractivity contribution is 5.39. The highest BCUT2D eigenvalue weighted by Gasteiger charge is 2.09. The zero-order chi connectivity index (χ0) is 10.6. The molecular weight excluding hydrogens is 170 g/mol. The number of nitrogens with zero attached hydrogens (tertiary/aromatic N) is 1. The second-order valence-corrected chi connectivity index (χ2v) is 3.70. The summed E-state index contributed by atoms with van der Waals surface area (Å²) in [5.41, 5.74) is 3.41. The molecule has 74 valence electrons. The van der Waals surface area contributed by atoms with Crippen LogP contribution in [-0.2, 0) is 0 Å². The van der Waals surface area contributed by atoms with E-state index in [1.165, 1.54) is 24.0 Å². The van der Waals surface area contributed by atoms with Crippen LogP contribution in [0.1, 0.15) is 49.3 Å². The molecule has 0 unspecified atom stereocenters. The zero-order valence-corrected chi connectivity index (χ0v) is 9.17. The molecule has 1 aromatic rings. The quantitative estimate of drug-likeness (QED) is 0.706. The van der Waals surface area contributed by atoms with Crippen LogP contribution < -0.4 is 0 Å². The summed E-state index contributed by atoms with van der Waals surface area (Å²) in [5.74, 6) is 0.641. The Morgan fingerprint density at radius 1 is 1.29 bits per heavy atom. The third-order valence-corrected chi connectivity index (χ3v) is 2.82. The lowest BCUT2D eigenvalue weighted by Crippen LogP contribution is -1.98. The lowest BCUT2D eigenvalue weighted by molar-refractivity contribution is 0.638. The van der Waals surface area contributed by atoms with Crippen LogP contribution in [0.2, 0.25) is 0 Å². The predicted octanol–water partition coefficient (Wildman–Crippen LogP) is 3.77. The Morgan fingerprint density at radius 2 is 1.93 bits per heavy atom. The molecule has 1 aromatic carbocycles. The average Bonchev–Trinajstić information content (AvgIpc) is 2.22. The molecule has 0 amide bonds. The van der Waals surface area contributed by atoms with Gasteiger partial charge in [0.25, 0.3) is 0 Å². The molecule has 1 nitrogen and oxygen atoms in total. The normalized spacial score (nSPS) is 10.2. The minimum absolute atomic E-state index is 0.641. The van der Waals surface area contributed by atoms with Crippen molar-refractivity contribution in [1.82, 2.24) is 0 Å². The minimum Gasteiger partial charge on any atom is -0.192 e. The zero-order valence-electron chi connectivity index (χ0n) is 9.17. The van der Waals surface area contributed by atoms with E-state index < -0.39 is 0 Å². The molecule has 1 rings (SSSR count). The summed E-state index contributed by atoms with van der Waals surface area (Å²) >= 11 is 0. The van der Waals surface area contributed by atoms with E-state index in [0.717, 1.165) is 5.56 Å². The molecule has 1 heteroatoms. The maximum absolute atomic E-state index is 8.76. The smallest absolute Gasteiger partial charge is 0.0991 e. The van der Waals surface area contributed by atoms with E-state index in [0.29, 0.717) is 5.92 Å². The highest BCUT2D eigenvalue weighted by Crippen LogP contribution is 2.26. The van der Waals surface area contributed by atoms with E-state index in [4.69, 9.17) is 5.26 Å². The first-order valence-electron chi connectivity index (χ1n) is 5.23. The molecule has 0 aliphatic carbocycles. The maximum atomic E-state index is 8.76. The van der Waals surface area contributed by atoms with Gasteiger partial charge >= 0.3 is 0 Å². The van der Waals surface area contributed by atoms with Gasteiger partial charge in [-0.3, -0.25) is 0 Å². The second-order valence-electron chi connectivity index (χ2n) is 3.70. The Kier molecular flexibility index (Phi) is 3.71. The summed E-state index contributed by atoms with van der Waals surface area (Å²) in [7, 11) is 0. The molecule has 0 fully saturated rings. The van der Waals surface area contributed by atoms with E-state index in [9.17, 15) is 0 Å². The molecule has 0 spiro atoms. The van der Waals surface area contributed by atoms with E-state index in [-0.39, 0.29) is 0 Å². The standard InChI is InChI=1S/C13H17N/c1-4-12(5-2)13-7-6-11(9-14)8-10(13)3/h6-8,12H,4-5H2,1-3H3. The summed E-state index contributed by atoms with van der Waals surface area (Å²) in [6.45, 7) is 6.52. The van der Waals surface area contributed by atoms with Gasteiger partial charge in [0.2, 0.25) is 0 Å². The first-order chi connectivity index (χ1) is 6.72. The van der Waals surface area contributed by atoms with Crippen LogP contribution >= 0.6 is 0 Å². The number of nitriles is 1. The molecule has 0 heterocycles. The van der Waals surface area contributed by atoms with Gasteiger partial charge in [-0.1, -0.05) is 19.9 Å². The van der Waals surface area contributed by atoms with Crippen molar-refractivity contribution in [2.24, 2.45) is 0 Å². The van der Waals surface area contributed by atoms with Crippen LogP contribution in [0.15, 0.2) is 18.2 Å². The van der Waals surface area contributed by atoms with Crippen LogP contribution in [0.25, 0.3) is 0 Å². The van der Waals surface area contributed by atoms with Crippen LogP contribution in [0.4, 0.5) is 0 Å². The van der Waals surface area contributed by atoms with Gasteiger partial charge in [0.1, 0.15) is 0 Å². The molecule has 0 atom stereocenters. The van der Waals surface area contributed by atoms with Gasteiger partial charge in [-0.05, 0) is 48.9 Å². The molecule has 0 N–H and O–H groups in total. The highest BCUT2D eigenvalue weighted by atomic mass is 14.2. The Morgan fingerprint density at radius 3 is 2.36 bits per heavy atom. The lowest BCUT2D eigenvalue weighted by Gasteiger charge is -2.15. The fraction of sp³-hybridized carbons (Fsp3) is 0.462. The van der Waals surface area contributed by atoms with Gasteiger partial charge in [0.05, 0.1) is 11.6 Å². The first kappa shape index (κ1) is 10.8. The summed E-state index contributed by atoms with van der Waals surface area (Å²) in [6, 6.07) is 8.17. The topological polar surface area (TPSA) is 23.8 Å². The fourth-order valence-electron chi connectivity index (χ4n) is 1.93. The minimum atomic E-state index is 0.641. The van der Waals surface area contributed by atoms with Crippen molar-refractivity contribution >= 4 is 0 Å². The first-order valence-corrected chi connectivity index (χ1v) is 5.23. The van der Waals surface area contributed by atoms with Crippen LogP contribution in [0.5, 0.6) is 0 Å². The number of benzene rings is 1. The number of aryl methyl sites for hydroxylation is 1. The summed E-state index contributed by atoms with van der Waals surface area (Å²) < 4.78 is 0. The Balaban J connectivity index is 3.05. The van der Waals surface area contributed by atoms with Crippen molar-refractivity contribution in [1.29, 1.82) is 5.26 Å². The van der Waals surface area contributed by atoms with Crippen molar-refractivity contribution in [2.45, 2.75) is 39.5 Å². The van der Waals surface area contributed by atoms with Gasteiger partial charge in [-0.2, -0.15) is 5.26 Å². The molecular formula is C13H17N.